The molecule has 29 heavy (non-hydrogen) atoms. The first-order valence-electron chi connectivity index (χ1n) is 8.78. The van der Waals surface area contributed by atoms with Crippen LogP contribution in [0.4, 0.5) is 13.2 Å². The summed E-state index contributed by atoms with van der Waals surface area (Å²) in [4.78, 5) is 20.6. The summed E-state index contributed by atoms with van der Waals surface area (Å²) < 4.78 is 45.9. The van der Waals surface area contributed by atoms with E-state index in [0.29, 0.717) is 17.3 Å². The Balaban J connectivity index is 2.04. The van der Waals surface area contributed by atoms with E-state index in [9.17, 15) is 18.0 Å². The van der Waals surface area contributed by atoms with E-state index in [4.69, 9.17) is 16.3 Å². The highest BCUT2D eigenvalue weighted by atomic mass is 35.5. The number of carbonyl (C=O) groups is 1. The summed E-state index contributed by atoms with van der Waals surface area (Å²) in [5.74, 6) is -2.77. The maximum absolute atomic E-state index is 14.2. The molecule has 1 unspecified atom stereocenters. The first-order valence-corrected chi connectivity index (χ1v) is 9.16. The van der Waals surface area contributed by atoms with Gasteiger partial charge in [0, 0.05) is 23.2 Å². The van der Waals surface area contributed by atoms with E-state index in [1.807, 2.05) is 0 Å². The van der Waals surface area contributed by atoms with Gasteiger partial charge in [0.15, 0.2) is 11.7 Å². The summed E-state index contributed by atoms with van der Waals surface area (Å²) in [5, 5.41) is 3.01. The molecule has 1 aliphatic heterocycles. The molecule has 0 fully saturated rings. The monoisotopic (exact) mass is 423 g/mol. The molecule has 0 bridgehead atoms. The maximum Gasteiger partial charge on any atom is 0.337 e. The third-order valence-electron chi connectivity index (χ3n) is 4.28. The molecule has 0 spiro atoms. The van der Waals surface area contributed by atoms with Crippen molar-refractivity contribution in [1.82, 2.24) is 10.3 Å². The highest BCUT2D eigenvalue weighted by molar-refractivity contribution is 6.31. The van der Waals surface area contributed by atoms with Gasteiger partial charge < -0.3 is 10.1 Å². The second kappa shape index (κ2) is 8.65. The lowest BCUT2D eigenvalue weighted by Crippen LogP contribution is -2.37. The number of allylic oxidation sites excluding steroid dienone is 1. The molecule has 5 nitrogen and oxygen atoms in total. The second-order valence-corrected chi connectivity index (χ2v) is 6.71. The molecule has 0 aliphatic carbocycles. The van der Waals surface area contributed by atoms with Crippen molar-refractivity contribution in [3.05, 3.63) is 75.5 Å². The highest BCUT2D eigenvalue weighted by Crippen LogP contribution is 2.26. The van der Waals surface area contributed by atoms with Crippen molar-refractivity contribution in [2.75, 3.05) is 6.61 Å². The minimum Gasteiger partial charge on any atom is -0.463 e. The number of hydrogen-bond acceptors (Lipinski definition) is 5. The van der Waals surface area contributed by atoms with Crippen LogP contribution in [0.1, 0.15) is 25.1 Å². The Morgan fingerprint density at radius 3 is 2.66 bits per heavy atom. The van der Waals surface area contributed by atoms with Crippen LogP contribution in [-0.4, -0.2) is 29.4 Å². The normalized spacial score (nSPS) is 16.3. The Morgan fingerprint density at radius 2 is 2.00 bits per heavy atom. The van der Waals surface area contributed by atoms with Gasteiger partial charge in [-0.2, -0.15) is 0 Å². The number of halogens is 4. The predicted molar refractivity (Wildman–Crippen MR) is 102 cm³/mol. The van der Waals surface area contributed by atoms with Gasteiger partial charge in [0.2, 0.25) is 0 Å². The molecule has 2 aromatic rings. The summed E-state index contributed by atoms with van der Waals surface area (Å²) >= 11 is 6.12. The smallest absolute Gasteiger partial charge is 0.337 e. The number of nitrogens with zero attached hydrogens (tertiary/aromatic N) is 2. The van der Waals surface area contributed by atoms with Gasteiger partial charge in [0.1, 0.15) is 17.3 Å². The third-order valence-corrected chi connectivity index (χ3v) is 4.64. The van der Waals surface area contributed by atoms with Crippen LogP contribution in [-0.2, 0) is 16.0 Å². The summed E-state index contributed by atoms with van der Waals surface area (Å²) in [5.41, 5.74) is 0.981. The number of aromatic nitrogens is 1. The Kier molecular flexibility index (Phi) is 6.22. The van der Waals surface area contributed by atoms with E-state index in [-0.39, 0.29) is 35.2 Å². The van der Waals surface area contributed by atoms with E-state index in [1.54, 1.807) is 13.8 Å². The first kappa shape index (κ1) is 20.9. The van der Waals surface area contributed by atoms with E-state index in [0.717, 1.165) is 12.3 Å². The Bertz CT molecular complexity index is 1020. The molecule has 0 radical (unpaired) electrons. The van der Waals surface area contributed by atoms with Gasteiger partial charge in [-0.05, 0) is 31.5 Å². The average Bonchev–Trinajstić information content (AvgIpc) is 2.63. The molecule has 0 saturated heterocycles. The summed E-state index contributed by atoms with van der Waals surface area (Å²) in [6.45, 7) is 3.44. The maximum atomic E-state index is 14.2. The molecular weight excluding hydrogens is 407 g/mol. The Labute approximate surface area is 170 Å². The molecule has 1 aliphatic rings. The lowest BCUT2D eigenvalue weighted by molar-refractivity contribution is -0.138. The van der Waals surface area contributed by atoms with Crippen molar-refractivity contribution >= 4 is 23.4 Å². The van der Waals surface area contributed by atoms with Gasteiger partial charge in [-0.25, -0.2) is 22.9 Å². The van der Waals surface area contributed by atoms with Gasteiger partial charge in [0.05, 0.1) is 24.4 Å². The lowest BCUT2D eigenvalue weighted by Gasteiger charge is -2.26. The highest BCUT2D eigenvalue weighted by Gasteiger charge is 2.31. The molecule has 152 valence electrons. The zero-order valence-electron chi connectivity index (χ0n) is 15.6. The molecule has 9 heteroatoms. The lowest BCUT2D eigenvalue weighted by atomic mass is 9.96. The number of ether oxygens (including phenoxy) is 1. The fourth-order valence-electron chi connectivity index (χ4n) is 3.00. The topological polar surface area (TPSA) is 63.6 Å². The molecule has 2 heterocycles. The number of rotatable bonds is 5. The molecule has 1 atom stereocenters. The summed E-state index contributed by atoms with van der Waals surface area (Å²) in [7, 11) is 0. The van der Waals surface area contributed by atoms with Gasteiger partial charge in [-0.3, -0.25) is 4.99 Å². The average molecular weight is 424 g/mol. The molecule has 1 aromatic carbocycles. The van der Waals surface area contributed by atoms with Crippen LogP contribution in [0.5, 0.6) is 0 Å². The van der Waals surface area contributed by atoms with Crippen LogP contribution >= 0.6 is 11.6 Å². The SMILES string of the molecule is CCOC(=O)C1=C(C)NC(c2ncc(F)cc2F)=NC1Cc1ccc(F)cc1Cl. The van der Waals surface area contributed by atoms with Crippen molar-refractivity contribution in [2.24, 2.45) is 4.99 Å². The number of benzene rings is 1. The van der Waals surface area contributed by atoms with Gasteiger partial charge in [0.25, 0.3) is 0 Å². The van der Waals surface area contributed by atoms with Gasteiger partial charge in [-0.15, -0.1) is 0 Å². The quantitative estimate of drug-likeness (QED) is 0.740. The molecule has 1 aromatic heterocycles. The van der Waals surface area contributed by atoms with Crippen molar-refractivity contribution < 1.29 is 22.7 Å². The number of aliphatic imine (C=N–C) groups is 1. The largest absolute Gasteiger partial charge is 0.463 e. The summed E-state index contributed by atoms with van der Waals surface area (Å²) in [6.07, 6.45) is 1.01. The number of nitrogens with one attached hydrogen (secondary N) is 1. The van der Waals surface area contributed by atoms with Crippen molar-refractivity contribution in [3.63, 3.8) is 0 Å². The Hall–Kier alpha value is -2.87. The van der Waals surface area contributed by atoms with Crippen LogP contribution in [0.2, 0.25) is 5.02 Å². The Morgan fingerprint density at radius 1 is 1.24 bits per heavy atom. The summed E-state index contributed by atoms with van der Waals surface area (Å²) in [6, 6.07) is 3.79. The third kappa shape index (κ3) is 4.59. The first-order chi connectivity index (χ1) is 13.8. The van der Waals surface area contributed by atoms with Gasteiger partial charge in [-0.1, -0.05) is 17.7 Å². The fraction of sp³-hybridized carbons (Fsp3) is 0.250. The number of pyridine rings is 1. The molecule has 1 N–H and O–H groups in total. The second-order valence-electron chi connectivity index (χ2n) is 6.30. The number of carbonyl (C=O) groups excluding carboxylic acids is 1. The molecular formula is C20H17ClF3N3O2. The standard InChI is InChI=1S/C20H17ClF3N3O2/c1-3-29-20(28)17-10(2)26-19(18-15(24)8-13(23)9-25-18)27-16(17)6-11-4-5-12(22)7-14(11)21/h4-5,7-9,16H,3,6H2,1-2H3,(H,26,27). The van der Waals surface area contributed by atoms with E-state index in [2.05, 4.69) is 15.3 Å². The van der Waals surface area contributed by atoms with Gasteiger partial charge >= 0.3 is 5.97 Å². The zero-order valence-corrected chi connectivity index (χ0v) is 16.4. The number of esters is 1. The minimum absolute atomic E-state index is 0.0382. The van der Waals surface area contributed by atoms with Crippen LogP contribution in [0.25, 0.3) is 0 Å². The van der Waals surface area contributed by atoms with Crippen LogP contribution in [0, 0.1) is 17.5 Å². The number of hydrogen-bond donors (Lipinski definition) is 1. The molecule has 0 saturated carbocycles. The van der Waals surface area contributed by atoms with Crippen molar-refractivity contribution in [3.8, 4) is 0 Å². The van der Waals surface area contributed by atoms with Crippen LogP contribution in [0.15, 0.2) is 46.7 Å². The van der Waals surface area contributed by atoms with Crippen molar-refractivity contribution in [2.45, 2.75) is 26.3 Å². The molecule has 0 amide bonds. The zero-order chi connectivity index (χ0) is 21.1. The van der Waals surface area contributed by atoms with Crippen LogP contribution in [0.3, 0.4) is 0 Å². The van der Waals surface area contributed by atoms with E-state index < -0.39 is 29.5 Å². The molecule has 3 rings (SSSR count). The fourth-order valence-corrected chi connectivity index (χ4v) is 3.24. The predicted octanol–water partition coefficient (Wildman–Crippen LogP) is 3.95. The number of amidine groups is 1. The van der Waals surface area contributed by atoms with E-state index in [1.165, 1.54) is 12.1 Å². The van der Waals surface area contributed by atoms with E-state index >= 15 is 0 Å². The minimum atomic E-state index is -0.901. The van der Waals surface area contributed by atoms with Crippen molar-refractivity contribution in [1.29, 1.82) is 0 Å². The van der Waals surface area contributed by atoms with Crippen LogP contribution < -0.4 is 5.32 Å².